The lowest BCUT2D eigenvalue weighted by atomic mass is 10.1. The fraction of sp³-hybridized carbons (Fsp3) is 0.208. The van der Waals surface area contributed by atoms with Gasteiger partial charge in [0, 0.05) is 17.3 Å². The highest BCUT2D eigenvalue weighted by Gasteiger charge is 2.18. The second-order valence-electron chi connectivity index (χ2n) is 7.26. The molecule has 0 fully saturated rings. The Kier molecular flexibility index (Phi) is 7.46. The minimum atomic E-state index is -0.302. The Morgan fingerprint density at radius 1 is 0.971 bits per heavy atom. The second-order valence-corrected chi connectivity index (χ2v) is 8.18. The molecule has 2 heterocycles. The lowest BCUT2D eigenvalue weighted by molar-refractivity contribution is -0.113. The summed E-state index contributed by atoms with van der Waals surface area (Å²) < 4.78 is 21.8. The first-order chi connectivity index (χ1) is 17.0. The van der Waals surface area contributed by atoms with Gasteiger partial charge in [-0.3, -0.25) is 10.1 Å². The van der Waals surface area contributed by atoms with Gasteiger partial charge in [0.2, 0.25) is 23.5 Å². The summed E-state index contributed by atoms with van der Waals surface area (Å²) in [5, 5.41) is 11.0. The Morgan fingerprint density at radius 2 is 1.69 bits per heavy atom. The third kappa shape index (κ3) is 5.69. The number of hydrogen-bond donors (Lipinski definition) is 1. The standard InChI is InChI=1S/C24H23N5O5S/c1-14-5-7-15(8-6-14)17-9-10-25-23(26-17)27-20(30)13-35-24-29-28-22(34-24)16-11-18(31-2)21(33-4)19(12-16)32-3/h5-12H,13H2,1-4H3,(H,25,26,27,30). The van der Waals surface area contributed by atoms with Crippen LogP contribution in [-0.4, -0.2) is 53.2 Å². The molecule has 0 atom stereocenters. The van der Waals surface area contributed by atoms with Crippen molar-refractivity contribution in [1.29, 1.82) is 0 Å². The number of carbonyl (C=O) groups excluding carboxylic acids is 1. The number of carbonyl (C=O) groups is 1. The van der Waals surface area contributed by atoms with Gasteiger partial charge in [0.25, 0.3) is 5.22 Å². The lowest BCUT2D eigenvalue weighted by Crippen LogP contribution is -2.16. The quantitative estimate of drug-likeness (QED) is 0.338. The van der Waals surface area contributed by atoms with Crippen LogP contribution in [0.4, 0.5) is 5.95 Å². The lowest BCUT2D eigenvalue weighted by Gasteiger charge is -2.12. The maximum Gasteiger partial charge on any atom is 0.277 e. The van der Waals surface area contributed by atoms with E-state index in [0.717, 1.165) is 28.6 Å². The fourth-order valence-corrected chi connectivity index (χ4v) is 3.74. The summed E-state index contributed by atoms with van der Waals surface area (Å²) in [6.07, 6.45) is 1.60. The van der Waals surface area contributed by atoms with Gasteiger partial charge in [0.05, 0.1) is 32.8 Å². The van der Waals surface area contributed by atoms with E-state index in [1.807, 2.05) is 31.2 Å². The van der Waals surface area contributed by atoms with E-state index in [1.54, 1.807) is 24.4 Å². The number of thioether (sulfide) groups is 1. The maximum absolute atomic E-state index is 12.4. The minimum absolute atomic E-state index is 0.0367. The number of amides is 1. The van der Waals surface area contributed by atoms with Crippen molar-refractivity contribution >= 4 is 23.6 Å². The summed E-state index contributed by atoms with van der Waals surface area (Å²) in [5.74, 6) is 1.58. The van der Waals surface area contributed by atoms with Crippen molar-refractivity contribution in [1.82, 2.24) is 20.2 Å². The van der Waals surface area contributed by atoms with E-state index < -0.39 is 0 Å². The van der Waals surface area contributed by atoms with Crippen LogP contribution in [0.2, 0.25) is 0 Å². The number of nitrogens with zero attached hydrogens (tertiary/aromatic N) is 4. The number of nitrogens with one attached hydrogen (secondary N) is 1. The fourth-order valence-electron chi connectivity index (χ4n) is 3.18. The Balaban J connectivity index is 1.40. The van der Waals surface area contributed by atoms with Gasteiger partial charge in [-0.15, -0.1) is 10.2 Å². The van der Waals surface area contributed by atoms with Crippen LogP contribution in [0.1, 0.15) is 5.56 Å². The average Bonchev–Trinajstić information content (AvgIpc) is 3.36. The Morgan fingerprint density at radius 3 is 2.34 bits per heavy atom. The number of ether oxygens (including phenoxy) is 3. The summed E-state index contributed by atoms with van der Waals surface area (Å²) in [6.45, 7) is 2.02. The molecule has 35 heavy (non-hydrogen) atoms. The van der Waals surface area contributed by atoms with Gasteiger partial charge in [-0.2, -0.15) is 0 Å². The molecule has 0 spiro atoms. The zero-order valence-corrected chi connectivity index (χ0v) is 20.4. The van der Waals surface area contributed by atoms with Gasteiger partial charge in [0.1, 0.15) is 0 Å². The van der Waals surface area contributed by atoms with E-state index in [2.05, 4.69) is 25.5 Å². The number of rotatable bonds is 9. The molecular weight excluding hydrogens is 470 g/mol. The van der Waals surface area contributed by atoms with Crippen LogP contribution in [0.3, 0.4) is 0 Å². The number of methoxy groups -OCH3 is 3. The van der Waals surface area contributed by atoms with Gasteiger partial charge >= 0.3 is 0 Å². The van der Waals surface area contributed by atoms with E-state index in [-0.39, 0.29) is 28.7 Å². The van der Waals surface area contributed by atoms with Crippen LogP contribution < -0.4 is 19.5 Å². The Labute approximate surface area is 206 Å². The molecule has 1 N–H and O–H groups in total. The smallest absolute Gasteiger partial charge is 0.277 e. The molecule has 11 heteroatoms. The number of aryl methyl sites for hydroxylation is 1. The van der Waals surface area contributed by atoms with Crippen molar-refractivity contribution in [3.8, 4) is 40.0 Å². The highest BCUT2D eigenvalue weighted by molar-refractivity contribution is 7.99. The molecule has 2 aromatic heterocycles. The molecule has 0 aliphatic heterocycles. The first kappa shape index (κ1) is 24.0. The molecule has 1 amide bonds. The number of benzene rings is 2. The van der Waals surface area contributed by atoms with Crippen LogP contribution >= 0.6 is 11.8 Å². The maximum atomic E-state index is 12.4. The van der Waals surface area contributed by atoms with Crippen LogP contribution in [-0.2, 0) is 4.79 Å². The van der Waals surface area contributed by atoms with E-state index >= 15 is 0 Å². The summed E-state index contributed by atoms with van der Waals surface area (Å²) in [7, 11) is 4.57. The number of aromatic nitrogens is 4. The predicted molar refractivity (Wildman–Crippen MR) is 131 cm³/mol. The Hall–Kier alpha value is -4.12. The van der Waals surface area contributed by atoms with Gasteiger partial charge in [0.15, 0.2) is 11.5 Å². The highest BCUT2D eigenvalue weighted by atomic mass is 32.2. The molecule has 0 saturated heterocycles. The summed E-state index contributed by atoms with van der Waals surface area (Å²) in [5.41, 5.74) is 3.40. The minimum Gasteiger partial charge on any atom is -0.493 e. The van der Waals surface area contributed by atoms with Crippen molar-refractivity contribution in [3.05, 3.63) is 54.2 Å². The third-order valence-electron chi connectivity index (χ3n) is 4.90. The van der Waals surface area contributed by atoms with Gasteiger partial charge in [-0.1, -0.05) is 41.6 Å². The molecule has 4 aromatic rings. The highest BCUT2D eigenvalue weighted by Crippen LogP contribution is 2.41. The zero-order chi connectivity index (χ0) is 24.8. The zero-order valence-electron chi connectivity index (χ0n) is 19.6. The Bertz CT molecular complexity index is 1300. The largest absolute Gasteiger partial charge is 0.493 e. The molecule has 0 bridgehead atoms. The molecular formula is C24H23N5O5S. The molecule has 10 nitrogen and oxygen atoms in total. The average molecular weight is 494 g/mol. The first-order valence-electron chi connectivity index (χ1n) is 10.5. The van der Waals surface area contributed by atoms with E-state index in [1.165, 1.54) is 21.3 Å². The molecule has 0 aliphatic rings. The van der Waals surface area contributed by atoms with Crippen molar-refractivity contribution in [2.24, 2.45) is 0 Å². The summed E-state index contributed by atoms with van der Waals surface area (Å²) >= 11 is 1.10. The number of hydrogen-bond acceptors (Lipinski definition) is 10. The monoisotopic (exact) mass is 493 g/mol. The molecule has 0 aliphatic carbocycles. The van der Waals surface area contributed by atoms with Gasteiger partial charge in [-0.25, -0.2) is 9.97 Å². The molecule has 0 saturated carbocycles. The van der Waals surface area contributed by atoms with Crippen LogP contribution in [0.5, 0.6) is 17.2 Å². The second kappa shape index (κ2) is 10.9. The van der Waals surface area contributed by atoms with Crippen molar-refractivity contribution < 1.29 is 23.4 Å². The molecule has 0 radical (unpaired) electrons. The van der Waals surface area contributed by atoms with Crippen LogP contribution in [0.25, 0.3) is 22.7 Å². The SMILES string of the molecule is COc1cc(-c2nnc(SCC(=O)Nc3nccc(-c4ccc(C)cc4)n3)o2)cc(OC)c1OC. The van der Waals surface area contributed by atoms with Gasteiger partial charge < -0.3 is 18.6 Å². The van der Waals surface area contributed by atoms with Crippen LogP contribution in [0, 0.1) is 6.92 Å². The normalized spacial score (nSPS) is 10.6. The van der Waals surface area contributed by atoms with E-state index in [9.17, 15) is 4.79 Å². The van der Waals surface area contributed by atoms with Gasteiger partial charge in [-0.05, 0) is 25.1 Å². The van der Waals surface area contributed by atoms with Crippen LogP contribution in [0.15, 0.2) is 58.3 Å². The van der Waals surface area contributed by atoms with E-state index in [0.29, 0.717) is 22.8 Å². The van der Waals surface area contributed by atoms with Crippen molar-refractivity contribution in [2.45, 2.75) is 12.1 Å². The third-order valence-corrected chi connectivity index (χ3v) is 5.72. The molecule has 4 rings (SSSR count). The molecule has 0 unspecified atom stereocenters. The topological polar surface area (TPSA) is 121 Å². The predicted octanol–water partition coefficient (Wildman–Crippen LogP) is 4.26. The molecule has 180 valence electrons. The summed E-state index contributed by atoms with van der Waals surface area (Å²) in [6, 6.07) is 13.1. The summed E-state index contributed by atoms with van der Waals surface area (Å²) in [4.78, 5) is 21.0. The van der Waals surface area contributed by atoms with Crippen molar-refractivity contribution in [3.63, 3.8) is 0 Å². The van der Waals surface area contributed by atoms with Crippen molar-refractivity contribution in [2.75, 3.05) is 32.4 Å². The first-order valence-corrected chi connectivity index (χ1v) is 11.5. The van der Waals surface area contributed by atoms with E-state index in [4.69, 9.17) is 18.6 Å². The number of anilines is 1. The molecule has 2 aromatic carbocycles.